The highest BCUT2D eigenvalue weighted by Crippen LogP contribution is 2.85. The van der Waals surface area contributed by atoms with Crippen molar-refractivity contribution in [3.05, 3.63) is 47.5 Å². The summed E-state index contributed by atoms with van der Waals surface area (Å²) in [6, 6.07) is 9.98. The highest BCUT2D eigenvalue weighted by Gasteiger charge is 2.80. The van der Waals surface area contributed by atoms with Gasteiger partial charge in [0.1, 0.15) is 23.7 Å². The number of unbranched alkanes of at least 4 members (excludes halogenated alkanes) is 2. The molecule has 60 heavy (non-hydrogen) atoms. The zero-order valence-electron chi connectivity index (χ0n) is 36.7. The van der Waals surface area contributed by atoms with E-state index < -0.39 is 65.1 Å². The molecular formula is C49H74O11. The summed E-state index contributed by atoms with van der Waals surface area (Å²) in [6.45, 7) is 11.1. The molecule has 1 aromatic rings. The smallest absolute Gasteiger partial charge is 0.312 e. The molecule has 1 aromatic carbocycles. The van der Waals surface area contributed by atoms with E-state index in [1.54, 1.807) is 0 Å². The normalized spacial score (nSPS) is 49.8. The Balaban J connectivity index is 1.26. The number of rotatable bonds is 12. The average Bonchev–Trinajstić information content (AvgIpc) is 3.21. The van der Waals surface area contributed by atoms with Crippen molar-refractivity contribution in [2.75, 3.05) is 19.8 Å². The molecule has 11 nitrogen and oxygen atoms in total. The predicted octanol–water partition coefficient (Wildman–Crippen LogP) is 6.15. The molecule has 7 N–H and O–H groups in total. The molecule has 0 unspecified atom stereocenters. The van der Waals surface area contributed by atoms with Crippen molar-refractivity contribution >= 4 is 5.97 Å². The minimum absolute atomic E-state index is 0.0274. The zero-order valence-corrected chi connectivity index (χ0v) is 36.7. The van der Waals surface area contributed by atoms with Gasteiger partial charge in [-0.25, -0.2) is 0 Å². The molecule has 2 bridgehead atoms. The van der Waals surface area contributed by atoms with Gasteiger partial charge in [-0.05, 0) is 109 Å². The van der Waals surface area contributed by atoms with Crippen LogP contribution in [0, 0.1) is 55.7 Å². The number of hydrogen-bond donors (Lipinski definition) is 7. The lowest BCUT2D eigenvalue weighted by Gasteiger charge is -2.80. The van der Waals surface area contributed by atoms with E-state index in [4.69, 9.17) is 14.2 Å². The molecule has 5 saturated carbocycles. The largest absolute Gasteiger partial charge is 0.481 e. The lowest BCUT2D eigenvalue weighted by atomic mass is 9.24. The average molecular weight is 839 g/mol. The Labute approximate surface area is 356 Å². The number of fused-ring (bicyclic) bond motifs is 3. The van der Waals surface area contributed by atoms with Gasteiger partial charge in [0.05, 0.1) is 38.1 Å². The molecule has 11 heteroatoms. The molecule has 0 amide bonds. The first-order valence-corrected chi connectivity index (χ1v) is 23.3. The number of allylic oxidation sites excluding steroid dienone is 2. The van der Waals surface area contributed by atoms with E-state index in [0.29, 0.717) is 25.9 Å². The van der Waals surface area contributed by atoms with E-state index in [0.717, 1.165) is 69.8 Å². The molecule has 6 aliphatic carbocycles. The van der Waals surface area contributed by atoms with Gasteiger partial charge in [0, 0.05) is 17.4 Å². The molecule has 7 aliphatic rings. The van der Waals surface area contributed by atoms with Crippen LogP contribution in [0.4, 0.5) is 0 Å². The van der Waals surface area contributed by atoms with E-state index in [9.17, 15) is 40.5 Å². The van der Waals surface area contributed by atoms with E-state index in [-0.39, 0.29) is 65.7 Å². The summed E-state index contributed by atoms with van der Waals surface area (Å²) in [4.78, 5) is 13.8. The molecular weight excluding hydrogens is 765 g/mol. The Morgan fingerprint density at radius 3 is 2.33 bits per heavy atom. The van der Waals surface area contributed by atoms with Gasteiger partial charge >= 0.3 is 5.97 Å². The molecule has 8 rings (SSSR count). The number of aliphatic hydroxyl groups is 6. The van der Waals surface area contributed by atoms with Crippen LogP contribution in [0.1, 0.15) is 130 Å². The maximum absolute atomic E-state index is 13.8. The Morgan fingerprint density at radius 1 is 0.900 bits per heavy atom. The van der Waals surface area contributed by atoms with E-state index in [1.165, 1.54) is 5.57 Å². The van der Waals surface area contributed by atoms with Crippen molar-refractivity contribution < 1.29 is 54.8 Å². The van der Waals surface area contributed by atoms with Crippen molar-refractivity contribution in [3.8, 4) is 0 Å². The van der Waals surface area contributed by atoms with Crippen molar-refractivity contribution in [1.29, 1.82) is 0 Å². The summed E-state index contributed by atoms with van der Waals surface area (Å²) in [5, 5.41) is 78.1. The second kappa shape index (κ2) is 15.9. The topological polar surface area (TPSA) is 186 Å². The molecule has 1 spiro atoms. The second-order valence-corrected chi connectivity index (χ2v) is 21.8. The number of aliphatic hydroxyl groups excluding tert-OH is 6. The van der Waals surface area contributed by atoms with Crippen LogP contribution in [0.2, 0.25) is 0 Å². The number of carbonyl (C=O) groups is 1. The van der Waals surface area contributed by atoms with Crippen LogP contribution < -0.4 is 0 Å². The standard InChI is InChI=1S/C49H74O11/c1-6-7-9-15-31-22-48(42(56)57)33(23-43(2,28-50)25-37(48)53)32-16-21-47-18-12-19-49(31,32)46(47,5)20-17-36-44(3,29-51)40(60-41-39(55)38(54)34(52)27-59-41)35(24-45(36,47)4)58-26-30-13-10-8-11-14-30/h8,10-11,13-14,16,31,33-41,50-55H,6-7,9,12,15,17-29H2,1-5H3,(H,56,57)/t31-,33-,34+,35+,36+,37+,38-,39+,40+,41-,43+,44-,45-,46+,47+,48-,49+/m0/s1. The van der Waals surface area contributed by atoms with Gasteiger partial charge in [0.25, 0.3) is 0 Å². The van der Waals surface area contributed by atoms with E-state index >= 15 is 0 Å². The lowest BCUT2D eigenvalue weighted by molar-refractivity contribution is -0.349. The van der Waals surface area contributed by atoms with Crippen LogP contribution in [0.5, 0.6) is 0 Å². The van der Waals surface area contributed by atoms with Crippen molar-refractivity contribution in [2.24, 2.45) is 55.7 Å². The molecule has 0 aromatic heterocycles. The van der Waals surface area contributed by atoms with Gasteiger partial charge in [-0.15, -0.1) is 0 Å². The van der Waals surface area contributed by atoms with Gasteiger partial charge in [-0.2, -0.15) is 0 Å². The summed E-state index contributed by atoms with van der Waals surface area (Å²) < 4.78 is 19.6. The number of carboxylic acid groups (broad SMARTS) is 1. The fourth-order valence-corrected chi connectivity index (χ4v) is 16.3. The van der Waals surface area contributed by atoms with E-state index in [1.807, 2.05) is 37.3 Å². The summed E-state index contributed by atoms with van der Waals surface area (Å²) in [5.74, 6) is -1.27. The Bertz CT molecular complexity index is 1760. The number of benzene rings is 1. The first-order chi connectivity index (χ1) is 28.5. The van der Waals surface area contributed by atoms with Crippen LogP contribution in [0.3, 0.4) is 0 Å². The first-order valence-electron chi connectivity index (χ1n) is 23.3. The summed E-state index contributed by atoms with van der Waals surface area (Å²) in [6.07, 6.45) is 5.97. The third-order valence-corrected chi connectivity index (χ3v) is 19.2. The fourth-order valence-electron chi connectivity index (χ4n) is 16.3. The fraction of sp³-hybridized carbons (Fsp3) is 0.816. The number of ether oxygens (including phenoxy) is 3. The Hall–Kier alpha value is -1.93. The van der Waals surface area contributed by atoms with Crippen LogP contribution in [-0.4, -0.2) is 104 Å². The molecule has 1 aliphatic heterocycles. The summed E-state index contributed by atoms with van der Waals surface area (Å²) in [5.41, 5.74) is -1.70. The zero-order chi connectivity index (χ0) is 43.1. The predicted molar refractivity (Wildman–Crippen MR) is 224 cm³/mol. The Kier molecular flexibility index (Phi) is 11.9. The molecule has 1 saturated heterocycles. The highest BCUT2D eigenvalue weighted by molar-refractivity contribution is 5.78. The molecule has 1 heterocycles. The second-order valence-electron chi connectivity index (χ2n) is 21.8. The van der Waals surface area contributed by atoms with Gasteiger partial charge in [0.15, 0.2) is 6.29 Å². The summed E-state index contributed by atoms with van der Waals surface area (Å²) in [7, 11) is 0. The van der Waals surface area contributed by atoms with Gasteiger partial charge in [-0.3, -0.25) is 4.79 Å². The van der Waals surface area contributed by atoms with Crippen molar-refractivity contribution in [2.45, 2.75) is 174 Å². The van der Waals surface area contributed by atoms with Crippen LogP contribution in [0.25, 0.3) is 0 Å². The molecule has 336 valence electrons. The van der Waals surface area contributed by atoms with Crippen LogP contribution >= 0.6 is 0 Å². The van der Waals surface area contributed by atoms with Crippen LogP contribution in [-0.2, 0) is 25.6 Å². The maximum Gasteiger partial charge on any atom is 0.312 e. The SMILES string of the molecule is CCCCC[C@H]1C[C@@]2(C(=O)O)[C@H](O)C[C@](C)(CO)C[C@H]2C2=CC[C@@]34CCC[C@]21[C@]3(C)CC[C@@H]1[C@](C)(CO)[C@H](O[C@@H]2OC[C@@H](O)[C@H](O)[C@H]2O)[C@H](OCc2ccccc2)C[C@@]14C. The minimum atomic E-state index is -1.49. The monoisotopic (exact) mass is 839 g/mol. The molecule has 6 fully saturated rings. The molecule has 0 radical (unpaired) electrons. The van der Waals surface area contributed by atoms with Crippen molar-refractivity contribution in [1.82, 2.24) is 0 Å². The Morgan fingerprint density at radius 2 is 1.65 bits per heavy atom. The first kappa shape index (κ1) is 44.7. The van der Waals surface area contributed by atoms with Crippen molar-refractivity contribution in [3.63, 3.8) is 0 Å². The van der Waals surface area contributed by atoms with Gasteiger partial charge < -0.3 is 50.0 Å². The lowest BCUT2D eigenvalue weighted by Crippen LogP contribution is -2.76. The number of carboxylic acids is 1. The van der Waals surface area contributed by atoms with E-state index in [2.05, 4.69) is 33.8 Å². The number of aliphatic carboxylic acids is 1. The summed E-state index contributed by atoms with van der Waals surface area (Å²) >= 11 is 0. The minimum Gasteiger partial charge on any atom is -0.481 e. The van der Waals surface area contributed by atoms with Crippen LogP contribution in [0.15, 0.2) is 42.0 Å². The maximum atomic E-state index is 13.8. The van der Waals surface area contributed by atoms with Gasteiger partial charge in [-0.1, -0.05) is 102 Å². The number of hydrogen-bond acceptors (Lipinski definition) is 10. The third-order valence-electron chi connectivity index (χ3n) is 19.2. The highest BCUT2D eigenvalue weighted by atomic mass is 16.7. The van der Waals surface area contributed by atoms with Gasteiger partial charge in [0.2, 0.25) is 0 Å². The quantitative estimate of drug-likeness (QED) is 0.0728. The third kappa shape index (κ3) is 6.17. The molecule has 17 atom stereocenters.